The van der Waals surface area contributed by atoms with E-state index in [1.165, 1.54) is 22.5 Å². The van der Waals surface area contributed by atoms with Gasteiger partial charge in [0.1, 0.15) is 4.90 Å². The molecule has 0 unspecified atom stereocenters. The minimum Gasteiger partial charge on any atom is -0.452 e. The number of sulfonamides is 1. The van der Waals surface area contributed by atoms with Crippen molar-refractivity contribution in [2.45, 2.75) is 56.5 Å². The van der Waals surface area contributed by atoms with Crippen LogP contribution in [0.3, 0.4) is 0 Å². The largest absolute Gasteiger partial charge is 0.452 e. The number of rotatable bonds is 5. The van der Waals surface area contributed by atoms with Crippen molar-refractivity contribution >= 4 is 39.2 Å². The van der Waals surface area contributed by atoms with Crippen molar-refractivity contribution in [1.29, 1.82) is 0 Å². The van der Waals surface area contributed by atoms with Crippen LogP contribution in [0.4, 0.5) is 5.69 Å². The zero-order valence-corrected chi connectivity index (χ0v) is 20.2. The molecule has 0 aliphatic carbocycles. The van der Waals surface area contributed by atoms with Crippen LogP contribution >= 0.6 is 11.6 Å². The molecule has 4 rings (SSSR count). The lowest BCUT2D eigenvalue weighted by molar-refractivity contribution is -0.140. The molecular formula is C24H27ClN2O5S. The van der Waals surface area contributed by atoms with Gasteiger partial charge in [-0.25, -0.2) is 13.2 Å². The summed E-state index contributed by atoms with van der Waals surface area (Å²) in [7, 11) is -3.98. The van der Waals surface area contributed by atoms with Crippen molar-refractivity contribution < 1.29 is 22.7 Å². The summed E-state index contributed by atoms with van der Waals surface area (Å²) < 4.78 is 33.3. The lowest BCUT2D eigenvalue weighted by Crippen LogP contribution is -2.49. The summed E-state index contributed by atoms with van der Waals surface area (Å²) in [5.41, 5.74) is 1.57. The average Bonchev–Trinajstić information content (AvgIpc) is 3.22. The summed E-state index contributed by atoms with van der Waals surface area (Å²) in [4.78, 5) is 26.9. The molecule has 1 fully saturated rings. The van der Waals surface area contributed by atoms with Crippen LogP contribution in [0, 0.1) is 0 Å². The van der Waals surface area contributed by atoms with Crippen LogP contribution < -0.4 is 4.31 Å². The highest BCUT2D eigenvalue weighted by molar-refractivity contribution is 7.93. The molecular weight excluding hydrogens is 464 g/mol. The summed E-state index contributed by atoms with van der Waals surface area (Å²) in [5, 5.41) is 0.0166. The van der Waals surface area contributed by atoms with Gasteiger partial charge in [0.25, 0.3) is 15.9 Å². The number of hydrogen-bond donors (Lipinski definition) is 0. The van der Waals surface area contributed by atoms with E-state index in [9.17, 15) is 18.0 Å². The average molecular weight is 491 g/mol. The van der Waals surface area contributed by atoms with Gasteiger partial charge in [-0.3, -0.25) is 9.10 Å². The van der Waals surface area contributed by atoms with E-state index >= 15 is 0 Å². The molecule has 0 bridgehead atoms. The summed E-state index contributed by atoms with van der Waals surface area (Å²) in [6.07, 6.45) is 3.50. The second kappa shape index (κ2) is 9.35. The number of carbonyl (C=O) groups is 2. The van der Waals surface area contributed by atoms with Gasteiger partial charge in [0.2, 0.25) is 0 Å². The number of halogens is 1. The lowest BCUT2D eigenvalue weighted by Gasteiger charge is -2.38. The topological polar surface area (TPSA) is 84.0 Å². The lowest BCUT2D eigenvalue weighted by atomic mass is 9.97. The molecule has 0 saturated carbocycles. The number of carbonyl (C=O) groups excluding carboxylic acids is 2. The molecule has 2 heterocycles. The highest BCUT2D eigenvalue weighted by atomic mass is 35.5. The van der Waals surface area contributed by atoms with Gasteiger partial charge >= 0.3 is 5.97 Å². The quantitative estimate of drug-likeness (QED) is 0.590. The first-order valence-electron chi connectivity index (χ1n) is 11.1. The number of ether oxygens (including phenoxy) is 1. The molecule has 2 atom stereocenters. The molecule has 176 valence electrons. The second-order valence-corrected chi connectivity index (χ2v) is 10.8. The Hall–Kier alpha value is -2.58. The maximum absolute atomic E-state index is 13.4. The summed E-state index contributed by atoms with van der Waals surface area (Å²) in [6.45, 7) is 3.88. The Morgan fingerprint density at radius 2 is 1.79 bits per heavy atom. The Bertz CT molecular complexity index is 1170. The fourth-order valence-corrected chi connectivity index (χ4v) is 6.71. The molecule has 0 spiro atoms. The van der Waals surface area contributed by atoms with E-state index in [0.29, 0.717) is 18.7 Å². The molecule has 0 N–H and O–H groups in total. The number of esters is 1. The highest BCUT2D eigenvalue weighted by Crippen LogP contribution is 2.35. The van der Waals surface area contributed by atoms with Crippen molar-refractivity contribution in [3.8, 4) is 0 Å². The fourth-order valence-electron chi connectivity index (χ4n) is 4.70. The van der Waals surface area contributed by atoms with Crippen LogP contribution in [0.15, 0.2) is 47.4 Å². The number of amides is 1. The third-order valence-electron chi connectivity index (χ3n) is 6.39. The Morgan fingerprint density at radius 1 is 1.09 bits per heavy atom. The van der Waals surface area contributed by atoms with Crippen LogP contribution in [0.5, 0.6) is 0 Å². The van der Waals surface area contributed by atoms with Crippen LogP contribution in [0.1, 0.15) is 49.0 Å². The van der Waals surface area contributed by atoms with Crippen LogP contribution in [0.25, 0.3) is 0 Å². The van der Waals surface area contributed by atoms with Gasteiger partial charge in [-0.1, -0.05) is 29.8 Å². The van der Waals surface area contributed by atoms with E-state index in [4.69, 9.17) is 16.3 Å². The van der Waals surface area contributed by atoms with Gasteiger partial charge in [0.05, 0.1) is 16.3 Å². The number of benzene rings is 2. The third kappa shape index (κ3) is 4.59. The van der Waals surface area contributed by atoms with E-state index in [2.05, 4.69) is 0 Å². The SMILES string of the molecule is C[C@@H]1CCC[C@@H](C)N1C(=O)COC(=O)c1ccc(Cl)c(S(=O)(=O)N2CCc3ccccc32)c1. The Balaban J connectivity index is 1.51. The first kappa shape index (κ1) is 23.6. The minimum absolute atomic E-state index is 0.0166. The fraction of sp³-hybridized carbons (Fsp3) is 0.417. The molecule has 2 aliphatic rings. The molecule has 33 heavy (non-hydrogen) atoms. The van der Waals surface area contributed by atoms with E-state index < -0.39 is 22.6 Å². The van der Waals surface area contributed by atoms with Gasteiger partial charge < -0.3 is 9.64 Å². The summed E-state index contributed by atoms with van der Waals surface area (Å²) >= 11 is 6.23. The summed E-state index contributed by atoms with van der Waals surface area (Å²) in [5.74, 6) is -1.02. The van der Waals surface area contributed by atoms with E-state index in [0.717, 1.165) is 24.8 Å². The first-order valence-corrected chi connectivity index (χ1v) is 12.9. The standard InChI is InChI=1S/C24H27ClN2O5S/c1-16-6-5-7-17(2)27(16)23(28)15-32-24(29)19-10-11-20(25)22(14-19)33(30,31)26-13-12-18-8-3-4-9-21(18)26/h3-4,8-11,14,16-17H,5-7,12-13,15H2,1-2H3/t16-,17-/m1/s1. The van der Waals surface area contributed by atoms with Gasteiger partial charge in [-0.2, -0.15) is 0 Å². The molecule has 2 aliphatic heterocycles. The Labute approximate surface area is 199 Å². The van der Waals surface area contributed by atoms with Crippen molar-refractivity contribution in [2.75, 3.05) is 17.5 Å². The summed E-state index contributed by atoms with van der Waals surface area (Å²) in [6, 6.07) is 11.5. The third-order valence-corrected chi connectivity index (χ3v) is 8.68. The molecule has 2 aromatic carbocycles. The molecule has 7 nitrogen and oxygen atoms in total. The van der Waals surface area contributed by atoms with Crippen molar-refractivity contribution in [1.82, 2.24) is 4.90 Å². The van der Waals surface area contributed by atoms with Gasteiger partial charge in [0, 0.05) is 18.6 Å². The Morgan fingerprint density at radius 3 is 2.52 bits per heavy atom. The molecule has 0 aromatic heterocycles. The zero-order valence-electron chi connectivity index (χ0n) is 18.7. The smallest absolute Gasteiger partial charge is 0.338 e. The number of likely N-dealkylation sites (tertiary alicyclic amines) is 1. The molecule has 1 saturated heterocycles. The van der Waals surface area contributed by atoms with Gasteiger partial charge in [0.15, 0.2) is 6.61 Å². The number of piperidine rings is 1. The maximum Gasteiger partial charge on any atom is 0.338 e. The number of para-hydroxylation sites is 1. The van der Waals surface area contributed by atoms with E-state index in [-0.39, 0.29) is 33.5 Å². The van der Waals surface area contributed by atoms with Crippen molar-refractivity contribution in [3.63, 3.8) is 0 Å². The highest BCUT2D eigenvalue weighted by Gasteiger charge is 2.33. The van der Waals surface area contributed by atoms with E-state index in [1.807, 2.05) is 26.0 Å². The zero-order chi connectivity index (χ0) is 23.8. The van der Waals surface area contributed by atoms with Crippen LogP contribution in [-0.2, 0) is 26.0 Å². The van der Waals surface area contributed by atoms with Crippen molar-refractivity contribution in [2.24, 2.45) is 0 Å². The molecule has 9 heteroatoms. The number of anilines is 1. The predicted octanol–water partition coefficient (Wildman–Crippen LogP) is 4.04. The molecule has 1 amide bonds. The van der Waals surface area contributed by atoms with E-state index in [1.54, 1.807) is 17.0 Å². The molecule has 2 aromatic rings. The number of hydrogen-bond acceptors (Lipinski definition) is 5. The van der Waals surface area contributed by atoms with Crippen molar-refractivity contribution in [3.05, 3.63) is 58.6 Å². The van der Waals surface area contributed by atoms with Crippen LogP contribution in [-0.4, -0.2) is 50.4 Å². The first-order chi connectivity index (χ1) is 15.7. The minimum atomic E-state index is -3.98. The number of nitrogens with zero attached hydrogens (tertiary/aromatic N) is 2. The van der Waals surface area contributed by atoms with Gasteiger partial charge in [-0.15, -0.1) is 0 Å². The monoisotopic (exact) mass is 490 g/mol. The van der Waals surface area contributed by atoms with Crippen LogP contribution in [0.2, 0.25) is 5.02 Å². The second-order valence-electron chi connectivity index (χ2n) is 8.61. The normalized spacial score (nSPS) is 20.5. The molecule has 0 radical (unpaired) electrons. The predicted molar refractivity (Wildman–Crippen MR) is 126 cm³/mol. The van der Waals surface area contributed by atoms with Gasteiger partial charge in [-0.05, 0) is 69.4 Å². The number of fused-ring (bicyclic) bond motifs is 1. The maximum atomic E-state index is 13.4. The Kier molecular flexibility index (Phi) is 6.68.